The predicted molar refractivity (Wildman–Crippen MR) is 57.9 cm³/mol. The molecule has 0 fully saturated rings. The second-order valence-electron chi connectivity index (χ2n) is 2.79. The fourth-order valence-corrected chi connectivity index (χ4v) is 0.966. The summed E-state index contributed by atoms with van der Waals surface area (Å²) in [7, 11) is 0. The zero-order valence-corrected chi connectivity index (χ0v) is 8.16. The standard InChI is InChI=1S/C11H14N2O/c1-2-8-12-11(14)9-13-10-6-4-3-5-7-10/h2-8,13H,9H2,1H3,(H,12,14). The Morgan fingerprint density at radius 1 is 1.36 bits per heavy atom. The van der Waals surface area contributed by atoms with Gasteiger partial charge in [0.25, 0.3) is 0 Å². The van der Waals surface area contributed by atoms with Crippen molar-refractivity contribution in [2.45, 2.75) is 6.92 Å². The van der Waals surface area contributed by atoms with E-state index in [0.717, 1.165) is 5.69 Å². The van der Waals surface area contributed by atoms with Crippen molar-refractivity contribution >= 4 is 11.6 Å². The summed E-state index contributed by atoms with van der Waals surface area (Å²) < 4.78 is 0. The number of carbonyl (C=O) groups is 1. The summed E-state index contributed by atoms with van der Waals surface area (Å²) in [6.07, 6.45) is 3.40. The maximum Gasteiger partial charge on any atom is 0.243 e. The lowest BCUT2D eigenvalue weighted by Gasteiger charge is -2.04. The van der Waals surface area contributed by atoms with Crippen LogP contribution in [-0.4, -0.2) is 12.5 Å². The van der Waals surface area contributed by atoms with E-state index in [1.165, 1.54) is 0 Å². The first-order valence-electron chi connectivity index (χ1n) is 4.52. The first-order valence-corrected chi connectivity index (χ1v) is 4.52. The normalized spacial score (nSPS) is 10.1. The van der Waals surface area contributed by atoms with Crippen LogP contribution in [0.1, 0.15) is 6.92 Å². The van der Waals surface area contributed by atoms with Crippen LogP contribution < -0.4 is 10.6 Å². The van der Waals surface area contributed by atoms with Crippen molar-refractivity contribution < 1.29 is 4.79 Å². The molecule has 0 aliphatic heterocycles. The van der Waals surface area contributed by atoms with Crippen LogP contribution >= 0.6 is 0 Å². The number of hydrogen-bond donors (Lipinski definition) is 2. The van der Waals surface area contributed by atoms with Gasteiger partial charge in [-0.05, 0) is 25.3 Å². The van der Waals surface area contributed by atoms with Crippen molar-refractivity contribution in [3.63, 3.8) is 0 Å². The highest BCUT2D eigenvalue weighted by atomic mass is 16.1. The Morgan fingerprint density at radius 2 is 2.07 bits per heavy atom. The summed E-state index contributed by atoms with van der Waals surface area (Å²) in [6, 6.07) is 9.62. The van der Waals surface area contributed by atoms with E-state index in [2.05, 4.69) is 10.6 Å². The molecule has 1 aromatic rings. The number of hydrogen-bond acceptors (Lipinski definition) is 2. The zero-order chi connectivity index (χ0) is 10.2. The van der Waals surface area contributed by atoms with Gasteiger partial charge in [0, 0.05) is 5.69 Å². The Labute approximate surface area is 83.8 Å². The smallest absolute Gasteiger partial charge is 0.243 e. The number of anilines is 1. The van der Waals surface area contributed by atoms with Gasteiger partial charge in [-0.2, -0.15) is 0 Å². The Balaban J connectivity index is 2.31. The van der Waals surface area contributed by atoms with Crippen molar-refractivity contribution in [1.29, 1.82) is 0 Å². The summed E-state index contributed by atoms with van der Waals surface area (Å²) in [6.45, 7) is 2.14. The summed E-state index contributed by atoms with van der Waals surface area (Å²) in [5, 5.41) is 5.63. The first-order chi connectivity index (χ1) is 6.83. The van der Waals surface area contributed by atoms with Gasteiger partial charge in [-0.1, -0.05) is 24.3 Å². The van der Waals surface area contributed by atoms with E-state index in [4.69, 9.17) is 0 Å². The van der Waals surface area contributed by atoms with Crippen LogP contribution in [0.2, 0.25) is 0 Å². The molecule has 2 N–H and O–H groups in total. The van der Waals surface area contributed by atoms with E-state index < -0.39 is 0 Å². The third-order valence-corrected chi connectivity index (χ3v) is 1.64. The van der Waals surface area contributed by atoms with Gasteiger partial charge in [0.2, 0.25) is 5.91 Å². The quantitative estimate of drug-likeness (QED) is 0.759. The number of carbonyl (C=O) groups excluding carboxylic acids is 1. The SMILES string of the molecule is CC=CNC(=O)CNc1ccccc1. The molecule has 1 amide bonds. The number of allylic oxidation sites excluding steroid dienone is 1. The van der Waals surface area contributed by atoms with Crippen molar-refractivity contribution in [2.24, 2.45) is 0 Å². The molecule has 0 aliphatic carbocycles. The Morgan fingerprint density at radius 3 is 2.71 bits per heavy atom. The van der Waals surface area contributed by atoms with Gasteiger partial charge in [-0.25, -0.2) is 0 Å². The van der Waals surface area contributed by atoms with Crippen LogP contribution in [0.5, 0.6) is 0 Å². The van der Waals surface area contributed by atoms with Crippen molar-refractivity contribution in [3.05, 3.63) is 42.6 Å². The molecule has 0 saturated carbocycles. The maximum absolute atomic E-state index is 11.2. The van der Waals surface area contributed by atoms with Crippen molar-refractivity contribution in [2.75, 3.05) is 11.9 Å². The number of benzene rings is 1. The monoisotopic (exact) mass is 190 g/mol. The second kappa shape index (κ2) is 5.80. The van der Waals surface area contributed by atoms with E-state index in [1.807, 2.05) is 37.3 Å². The number of amides is 1. The highest BCUT2D eigenvalue weighted by molar-refractivity contribution is 5.81. The second-order valence-corrected chi connectivity index (χ2v) is 2.79. The summed E-state index contributed by atoms with van der Waals surface area (Å²) in [5.41, 5.74) is 0.947. The molecule has 74 valence electrons. The first kappa shape index (κ1) is 10.3. The lowest BCUT2D eigenvalue weighted by Crippen LogP contribution is -2.25. The molecule has 14 heavy (non-hydrogen) atoms. The van der Waals surface area contributed by atoms with Crippen LogP contribution in [0.25, 0.3) is 0 Å². The molecule has 0 aromatic heterocycles. The van der Waals surface area contributed by atoms with Gasteiger partial charge in [0.05, 0.1) is 6.54 Å². The topological polar surface area (TPSA) is 41.1 Å². The molecule has 0 heterocycles. The minimum absolute atomic E-state index is 0.0491. The van der Waals surface area contributed by atoms with Gasteiger partial charge in [0.15, 0.2) is 0 Å². The Bertz CT molecular complexity index is 306. The van der Waals surface area contributed by atoms with Gasteiger partial charge in [-0.15, -0.1) is 0 Å². The lowest BCUT2D eigenvalue weighted by molar-refractivity contribution is -0.118. The van der Waals surface area contributed by atoms with Gasteiger partial charge in [-0.3, -0.25) is 4.79 Å². The molecule has 3 nitrogen and oxygen atoms in total. The summed E-state index contributed by atoms with van der Waals surface area (Å²) >= 11 is 0. The maximum atomic E-state index is 11.2. The molecule has 0 unspecified atom stereocenters. The molecule has 0 spiro atoms. The third-order valence-electron chi connectivity index (χ3n) is 1.64. The molecule has 1 rings (SSSR count). The minimum Gasteiger partial charge on any atom is -0.376 e. The molecule has 0 radical (unpaired) electrons. The van der Waals surface area contributed by atoms with E-state index in [-0.39, 0.29) is 12.5 Å². The van der Waals surface area contributed by atoms with Gasteiger partial charge in [0.1, 0.15) is 0 Å². The van der Waals surface area contributed by atoms with Crippen LogP contribution in [-0.2, 0) is 4.79 Å². The predicted octanol–water partition coefficient (Wildman–Crippen LogP) is 1.75. The number of rotatable bonds is 4. The van der Waals surface area contributed by atoms with Gasteiger partial charge >= 0.3 is 0 Å². The molecule has 0 atom stereocenters. The molecule has 1 aromatic carbocycles. The van der Waals surface area contributed by atoms with E-state index in [0.29, 0.717) is 0 Å². The van der Waals surface area contributed by atoms with Crippen LogP contribution in [0.4, 0.5) is 5.69 Å². The Kier molecular flexibility index (Phi) is 4.27. The minimum atomic E-state index is -0.0491. The van der Waals surface area contributed by atoms with Crippen molar-refractivity contribution in [1.82, 2.24) is 5.32 Å². The lowest BCUT2D eigenvalue weighted by atomic mass is 10.3. The molecule has 3 heteroatoms. The molecular weight excluding hydrogens is 176 g/mol. The van der Waals surface area contributed by atoms with E-state index in [9.17, 15) is 4.79 Å². The zero-order valence-electron chi connectivity index (χ0n) is 8.16. The fourth-order valence-electron chi connectivity index (χ4n) is 0.966. The fraction of sp³-hybridized carbons (Fsp3) is 0.182. The van der Waals surface area contributed by atoms with E-state index >= 15 is 0 Å². The molecule has 0 saturated heterocycles. The van der Waals surface area contributed by atoms with E-state index in [1.54, 1.807) is 12.3 Å². The average molecular weight is 190 g/mol. The Hall–Kier alpha value is -1.77. The number of para-hydroxylation sites is 1. The van der Waals surface area contributed by atoms with Crippen LogP contribution in [0.15, 0.2) is 42.6 Å². The highest BCUT2D eigenvalue weighted by Gasteiger charge is 1.96. The average Bonchev–Trinajstić information content (AvgIpc) is 2.25. The van der Waals surface area contributed by atoms with Crippen LogP contribution in [0, 0.1) is 0 Å². The number of nitrogens with one attached hydrogen (secondary N) is 2. The molecule has 0 bridgehead atoms. The molecule has 0 aliphatic rings. The van der Waals surface area contributed by atoms with Crippen LogP contribution in [0.3, 0.4) is 0 Å². The van der Waals surface area contributed by atoms with Crippen molar-refractivity contribution in [3.8, 4) is 0 Å². The summed E-state index contributed by atoms with van der Waals surface area (Å²) in [5.74, 6) is -0.0491. The molecular formula is C11H14N2O. The van der Waals surface area contributed by atoms with Gasteiger partial charge < -0.3 is 10.6 Å². The summed E-state index contributed by atoms with van der Waals surface area (Å²) in [4.78, 5) is 11.2. The highest BCUT2D eigenvalue weighted by Crippen LogP contribution is 2.03. The largest absolute Gasteiger partial charge is 0.376 e. The third kappa shape index (κ3) is 3.76.